The molecule has 2 unspecified atom stereocenters. The Bertz CT molecular complexity index is 436. The van der Waals surface area contributed by atoms with Crippen molar-refractivity contribution in [2.45, 2.75) is 44.2 Å². The van der Waals surface area contributed by atoms with Crippen LogP contribution in [0.1, 0.15) is 32.1 Å². The number of carbonyl (C=O) groups is 1. The molecule has 0 bridgehead atoms. The molecule has 0 radical (unpaired) electrons. The third kappa shape index (κ3) is 5.60. The highest BCUT2D eigenvalue weighted by atomic mass is 32.2. The largest absolute Gasteiger partial charge is 0.338 e. The first-order chi connectivity index (χ1) is 9.35. The molecule has 3 N–H and O–H groups in total. The van der Waals surface area contributed by atoms with Crippen molar-refractivity contribution >= 4 is 15.9 Å². The number of rotatable bonds is 7. The van der Waals surface area contributed by atoms with Crippen molar-refractivity contribution < 1.29 is 13.2 Å². The number of amides is 1. The molecule has 1 amide bonds. The number of sulfonamides is 1. The van der Waals surface area contributed by atoms with Gasteiger partial charge in [0.25, 0.3) is 0 Å². The second-order valence-electron chi connectivity index (χ2n) is 5.27. The summed E-state index contributed by atoms with van der Waals surface area (Å²) < 4.78 is 24.6. The molecule has 116 valence electrons. The van der Waals surface area contributed by atoms with Crippen LogP contribution in [0, 0.1) is 0 Å². The Hall–Kier alpha value is -0.920. The van der Waals surface area contributed by atoms with Crippen LogP contribution < -0.4 is 10.5 Å². The lowest BCUT2D eigenvalue weighted by molar-refractivity contribution is -0.136. The minimum Gasteiger partial charge on any atom is -0.338 e. The molecule has 6 nitrogen and oxygen atoms in total. The average Bonchev–Trinajstić information content (AvgIpc) is 2.37. The maximum Gasteiger partial charge on any atom is 0.240 e. The van der Waals surface area contributed by atoms with Crippen LogP contribution in [0.15, 0.2) is 12.7 Å². The summed E-state index contributed by atoms with van der Waals surface area (Å²) in [6, 6.07) is -0.475. The van der Waals surface area contributed by atoms with E-state index in [1.54, 1.807) is 6.08 Å². The lowest BCUT2D eigenvalue weighted by Gasteiger charge is -2.37. The van der Waals surface area contributed by atoms with Gasteiger partial charge in [-0.2, -0.15) is 0 Å². The molecule has 20 heavy (non-hydrogen) atoms. The molecule has 1 saturated heterocycles. The monoisotopic (exact) mass is 303 g/mol. The minimum atomic E-state index is -3.18. The molecule has 2 atom stereocenters. The van der Waals surface area contributed by atoms with Crippen molar-refractivity contribution in [1.82, 2.24) is 9.62 Å². The quantitative estimate of drug-likeness (QED) is 0.658. The van der Waals surface area contributed by atoms with E-state index in [0.717, 1.165) is 25.5 Å². The summed E-state index contributed by atoms with van der Waals surface area (Å²) in [6.45, 7) is 4.65. The van der Waals surface area contributed by atoms with Crippen molar-refractivity contribution in [3.05, 3.63) is 12.7 Å². The summed E-state index contributed by atoms with van der Waals surface area (Å²) >= 11 is 0. The van der Waals surface area contributed by atoms with E-state index in [1.807, 2.05) is 4.90 Å². The van der Waals surface area contributed by atoms with E-state index in [-0.39, 0.29) is 11.9 Å². The van der Waals surface area contributed by atoms with E-state index in [4.69, 9.17) is 5.73 Å². The van der Waals surface area contributed by atoms with Crippen LogP contribution in [0.4, 0.5) is 0 Å². The normalized spacial score (nSPS) is 21.5. The first kappa shape index (κ1) is 17.1. The predicted molar refractivity (Wildman–Crippen MR) is 79.6 cm³/mol. The van der Waals surface area contributed by atoms with E-state index >= 15 is 0 Å². The smallest absolute Gasteiger partial charge is 0.240 e. The zero-order chi connectivity index (χ0) is 15.2. The van der Waals surface area contributed by atoms with Crippen LogP contribution in [-0.4, -0.2) is 50.7 Å². The number of carbonyl (C=O) groups excluding carboxylic acids is 1. The van der Waals surface area contributed by atoms with Gasteiger partial charge in [0.2, 0.25) is 15.9 Å². The van der Waals surface area contributed by atoms with Gasteiger partial charge in [0.1, 0.15) is 0 Å². The SMILES string of the molecule is C=CCC(N)C(=O)N1CCCCC1CCNS(C)(=O)=O. The Balaban J connectivity index is 2.57. The molecule has 1 fully saturated rings. The van der Waals surface area contributed by atoms with Crippen LogP contribution in [0.5, 0.6) is 0 Å². The maximum absolute atomic E-state index is 12.3. The highest BCUT2D eigenvalue weighted by molar-refractivity contribution is 7.88. The number of nitrogens with two attached hydrogens (primary N) is 1. The van der Waals surface area contributed by atoms with E-state index < -0.39 is 16.1 Å². The summed E-state index contributed by atoms with van der Waals surface area (Å²) in [5.41, 5.74) is 5.84. The average molecular weight is 303 g/mol. The summed E-state index contributed by atoms with van der Waals surface area (Å²) in [6.07, 6.45) is 6.80. The Kier molecular flexibility index (Phi) is 6.64. The Labute approximate surface area is 121 Å². The van der Waals surface area contributed by atoms with Gasteiger partial charge in [0.15, 0.2) is 0 Å². The van der Waals surface area contributed by atoms with Gasteiger partial charge in [0.05, 0.1) is 12.3 Å². The first-order valence-electron chi connectivity index (χ1n) is 6.96. The lowest BCUT2D eigenvalue weighted by Crippen LogP contribution is -2.51. The number of piperidine rings is 1. The van der Waals surface area contributed by atoms with Gasteiger partial charge in [-0.1, -0.05) is 6.08 Å². The van der Waals surface area contributed by atoms with E-state index in [2.05, 4.69) is 11.3 Å². The number of nitrogens with one attached hydrogen (secondary N) is 1. The van der Waals surface area contributed by atoms with Crippen molar-refractivity contribution in [3.63, 3.8) is 0 Å². The van der Waals surface area contributed by atoms with Gasteiger partial charge >= 0.3 is 0 Å². The molecule has 0 aromatic carbocycles. The fraction of sp³-hybridized carbons (Fsp3) is 0.769. The van der Waals surface area contributed by atoms with Gasteiger partial charge in [0, 0.05) is 19.1 Å². The standard InChI is InChI=1S/C13H25N3O3S/c1-3-6-12(14)13(17)16-10-5-4-7-11(16)8-9-15-20(2,18)19/h3,11-12,15H,1,4-10,14H2,2H3. The van der Waals surface area contributed by atoms with Gasteiger partial charge < -0.3 is 10.6 Å². The maximum atomic E-state index is 12.3. The summed E-state index contributed by atoms with van der Waals surface area (Å²) in [5.74, 6) is -0.0612. The van der Waals surface area contributed by atoms with E-state index in [0.29, 0.717) is 25.9 Å². The Morgan fingerprint density at radius 3 is 2.85 bits per heavy atom. The second kappa shape index (κ2) is 7.75. The van der Waals surface area contributed by atoms with Crippen molar-refractivity contribution in [1.29, 1.82) is 0 Å². The summed E-state index contributed by atoms with van der Waals surface area (Å²) in [5, 5.41) is 0. The van der Waals surface area contributed by atoms with Crippen LogP contribution >= 0.6 is 0 Å². The molecule has 7 heteroatoms. The molecule has 1 aliphatic heterocycles. The Morgan fingerprint density at radius 1 is 1.55 bits per heavy atom. The van der Waals surface area contributed by atoms with Crippen LogP contribution in [0.3, 0.4) is 0 Å². The zero-order valence-electron chi connectivity index (χ0n) is 12.0. The highest BCUT2D eigenvalue weighted by Gasteiger charge is 2.29. The second-order valence-corrected chi connectivity index (χ2v) is 7.10. The third-order valence-electron chi connectivity index (χ3n) is 3.49. The number of hydrogen-bond donors (Lipinski definition) is 2. The fourth-order valence-electron chi connectivity index (χ4n) is 2.50. The minimum absolute atomic E-state index is 0.0612. The van der Waals surface area contributed by atoms with Crippen molar-refractivity contribution in [3.8, 4) is 0 Å². The fourth-order valence-corrected chi connectivity index (χ4v) is 2.98. The zero-order valence-corrected chi connectivity index (χ0v) is 12.9. The molecule has 1 heterocycles. The summed E-state index contributed by atoms with van der Waals surface area (Å²) in [4.78, 5) is 14.1. The van der Waals surface area contributed by atoms with Crippen LogP contribution in [0.25, 0.3) is 0 Å². The molecule has 1 aliphatic rings. The topological polar surface area (TPSA) is 92.5 Å². The third-order valence-corrected chi connectivity index (χ3v) is 4.22. The Morgan fingerprint density at radius 2 is 2.25 bits per heavy atom. The molecule has 0 aliphatic carbocycles. The van der Waals surface area contributed by atoms with Crippen LogP contribution in [0.2, 0.25) is 0 Å². The predicted octanol–water partition coefficient (Wildman–Crippen LogP) is 0.210. The molecule has 0 saturated carbocycles. The molecule has 0 spiro atoms. The van der Waals surface area contributed by atoms with E-state index in [1.165, 1.54) is 0 Å². The number of nitrogens with zero attached hydrogens (tertiary/aromatic N) is 1. The van der Waals surface area contributed by atoms with Crippen LogP contribution in [-0.2, 0) is 14.8 Å². The molecular formula is C13H25N3O3S. The molecule has 0 aromatic rings. The molecule has 0 aromatic heterocycles. The van der Waals surface area contributed by atoms with Gasteiger partial charge in [-0.15, -0.1) is 6.58 Å². The van der Waals surface area contributed by atoms with E-state index in [9.17, 15) is 13.2 Å². The highest BCUT2D eigenvalue weighted by Crippen LogP contribution is 2.20. The number of hydrogen-bond acceptors (Lipinski definition) is 4. The molecular weight excluding hydrogens is 278 g/mol. The summed E-state index contributed by atoms with van der Waals surface area (Å²) in [7, 11) is -3.18. The van der Waals surface area contributed by atoms with Gasteiger partial charge in [-0.25, -0.2) is 13.1 Å². The van der Waals surface area contributed by atoms with Gasteiger partial charge in [-0.3, -0.25) is 4.79 Å². The van der Waals surface area contributed by atoms with Crippen molar-refractivity contribution in [2.75, 3.05) is 19.3 Å². The number of likely N-dealkylation sites (tertiary alicyclic amines) is 1. The first-order valence-corrected chi connectivity index (χ1v) is 8.86. The van der Waals surface area contributed by atoms with Gasteiger partial charge in [-0.05, 0) is 32.1 Å². The lowest BCUT2D eigenvalue weighted by atomic mass is 9.98. The molecule has 1 rings (SSSR count). The van der Waals surface area contributed by atoms with Crippen molar-refractivity contribution in [2.24, 2.45) is 5.73 Å².